The predicted molar refractivity (Wildman–Crippen MR) is 64.2 cm³/mol. The topological polar surface area (TPSA) is 15.6 Å². The van der Waals surface area contributed by atoms with Gasteiger partial charge in [-0.05, 0) is 12.0 Å². The summed E-state index contributed by atoms with van der Waals surface area (Å²) in [4.78, 5) is 6.65. The van der Waals surface area contributed by atoms with Crippen LogP contribution in [0.15, 0.2) is 35.3 Å². The molecule has 0 radical (unpaired) electrons. The first-order chi connectivity index (χ1) is 7.42. The summed E-state index contributed by atoms with van der Waals surface area (Å²) >= 11 is 0. The first-order valence-electron chi connectivity index (χ1n) is 5.72. The van der Waals surface area contributed by atoms with Crippen LogP contribution in [0.1, 0.15) is 31.4 Å². The van der Waals surface area contributed by atoms with Crippen LogP contribution in [-0.4, -0.2) is 24.3 Å². The maximum Gasteiger partial charge on any atom is 0.0856 e. The lowest BCUT2D eigenvalue weighted by molar-refractivity contribution is 0.330. The Labute approximate surface area is 91.6 Å². The number of aliphatic imine (C=N–C) groups is 1. The summed E-state index contributed by atoms with van der Waals surface area (Å²) in [6, 6.07) is 11.3. The van der Waals surface area contributed by atoms with Crippen molar-refractivity contribution >= 4 is 6.34 Å². The molecule has 0 amide bonds. The van der Waals surface area contributed by atoms with Crippen LogP contribution >= 0.6 is 0 Å². The minimum absolute atomic E-state index is 0.516. The number of nitrogens with zero attached hydrogens (tertiary/aromatic N) is 2. The lowest BCUT2D eigenvalue weighted by atomic mass is 10.0. The molecule has 2 nitrogen and oxygen atoms in total. The maximum absolute atomic E-state index is 4.29. The van der Waals surface area contributed by atoms with Crippen LogP contribution in [0.3, 0.4) is 0 Å². The molecule has 1 aliphatic heterocycles. The van der Waals surface area contributed by atoms with Crippen molar-refractivity contribution in [2.24, 2.45) is 4.99 Å². The van der Waals surface area contributed by atoms with E-state index in [1.54, 1.807) is 0 Å². The van der Waals surface area contributed by atoms with E-state index in [0.717, 1.165) is 13.1 Å². The van der Waals surface area contributed by atoms with Crippen LogP contribution in [0.5, 0.6) is 0 Å². The summed E-state index contributed by atoms with van der Waals surface area (Å²) < 4.78 is 0. The van der Waals surface area contributed by atoms with E-state index in [0.29, 0.717) is 6.04 Å². The zero-order valence-corrected chi connectivity index (χ0v) is 9.26. The Morgan fingerprint density at radius 1 is 1.33 bits per heavy atom. The molecule has 2 rings (SSSR count). The molecule has 1 aromatic rings. The van der Waals surface area contributed by atoms with Crippen molar-refractivity contribution in [3.63, 3.8) is 0 Å². The normalized spacial score (nSPS) is 17.0. The molecular weight excluding hydrogens is 184 g/mol. The van der Waals surface area contributed by atoms with E-state index in [2.05, 4.69) is 47.1 Å². The van der Waals surface area contributed by atoms with Gasteiger partial charge >= 0.3 is 0 Å². The zero-order valence-electron chi connectivity index (χ0n) is 9.26. The van der Waals surface area contributed by atoms with E-state index >= 15 is 0 Å². The minimum atomic E-state index is 0.516. The van der Waals surface area contributed by atoms with Gasteiger partial charge < -0.3 is 4.90 Å². The largest absolute Gasteiger partial charge is 0.354 e. The molecule has 15 heavy (non-hydrogen) atoms. The van der Waals surface area contributed by atoms with Gasteiger partial charge in [0.25, 0.3) is 0 Å². The third kappa shape index (κ3) is 2.38. The fraction of sp³-hybridized carbons (Fsp3) is 0.462. The SMILES string of the molecule is CCCC(c1ccccc1)N1C=NCC1. The molecule has 80 valence electrons. The first kappa shape index (κ1) is 10.2. The van der Waals surface area contributed by atoms with E-state index in [1.807, 2.05) is 6.34 Å². The van der Waals surface area contributed by atoms with Crippen molar-refractivity contribution in [2.45, 2.75) is 25.8 Å². The smallest absolute Gasteiger partial charge is 0.0856 e. The number of hydrogen-bond acceptors (Lipinski definition) is 2. The third-order valence-corrected chi connectivity index (χ3v) is 2.86. The molecule has 1 unspecified atom stereocenters. The molecule has 2 heteroatoms. The number of hydrogen-bond donors (Lipinski definition) is 0. The third-order valence-electron chi connectivity index (χ3n) is 2.86. The van der Waals surface area contributed by atoms with Gasteiger partial charge in [0, 0.05) is 6.54 Å². The van der Waals surface area contributed by atoms with Crippen LogP contribution in [-0.2, 0) is 0 Å². The lowest BCUT2D eigenvalue weighted by Gasteiger charge is -2.26. The van der Waals surface area contributed by atoms with Gasteiger partial charge in [-0.25, -0.2) is 0 Å². The van der Waals surface area contributed by atoms with E-state index in [9.17, 15) is 0 Å². The average molecular weight is 202 g/mol. The highest BCUT2D eigenvalue weighted by molar-refractivity contribution is 5.58. The molecule has 0 saturated heterocycles. The van der Waals surface area contributed by atoms with Crippen molar-refractivity contribution in [1.29, 1.82) is 0 Å². The Morgan fingerprint density at radius 2 is 2.13 bits per heavy atom. The summed E-state index contributed by atoms with van der Waals surface area (Å²) in [5, 5.41) is 0. The Bertz CT molecular complexity index is 319. The van der Waals surface area contributed by atoms with Gasteiger partial charge in [-0.3, -0.25) is 4.99 Å². The molecule has 1 aromatic carbocycles. The fourth-order valence-electron chi connectivity index (χ4n) is 2.10. The molecule has 0 saturated carbocycles. The monoisotopic (exact) mass is 202 g/mol. The van der Waals surface area contributed by atoms with Gasteiger partial charge in [-0.1, -0.05) is 43.7 Å². The van der Waals surface area contributed by atoms with Crippen LogP contribution in [0.4, 0.5) is 0 Å². The number of benzene rings is 1. The zero-order chi connectivity index (χ0) is 10.5. The van der Waals surface area contributed by atoms with Crippen LogP contribution in [0.25, 0.3) is 0 Å². The summed E-state index contributed by atoms with van der Waals surface area (Å²) in [6.07, 6.45) is 4.42. The quantitative estimate of drug-likeness (QED) is 0.733. The average Bonchev–Trinajstić information content (AvgIpc) is 2.80. The van der Waals surface area contributed by atoms with Crippen molar-refractivity contribution < 1.29 is 0 Å². The Kier molecular flexibility index (Phi) is 3.38. The van der Waals surface area contributed by atoms with Gasteiger partial charge in [0.1, 0.15) is 0 Å². The van der Waals surface area contributed by atoms with Crippen molar-refractivity contribution in [3.05, 3.63) is 35.9 Å². The summed E-state index contributed by atoms with van der Waals surface area (Å²) in [5.41, 5.74) is 1.41. The highest BCUT2D eigenvalue weighted by Crippen LogP contribution is 2.25. The lowest BCUT2D eigenvalue weighted by Crippen LogP contribution is -2.25. The molecule has 0 aromatic heterocycles. The molecule has 1 atom stereocenters. The van der Waals surface area contributed by atoms with Gasteiger partial charge in [0.2, 0.25) is 0 Å². The molecule has 0 fully saturated rings. The van der Waals surface area contributed by atoms with Crippen LogP contribution < -0.4 is 0 Å². The standard InChI is InChI=1S/C13H18N2/c1-2-6-13(15-10-9-14-11-15)12-7-4-3-5-8-12/h3-5,7-8,11,13H,2,6,9-10H2,1H3. The Balaban J connectivity index is 2.15. The summed E-state index contributed by atoms with van der Waals surface area (Å²) in [5.74, 6) is 0. The van der Waals surface area contributed by atoms with Gasteiger partial charge in [-0.15, -0.1) is 0 Å². The first-order valence-corrected chi connectivity index (χ1v) is 5.72. The van der Waals surface area contributed by atoms with E-state index in [1.165, 1.54) is 18.4 Å². The van der Waals surface area contributed by atoms with E-state index in [4.69, 9.17) is 0 Å². The fourth-order valence-corrected chi connectivity index (χ4v) is 2.10. The highest BCUT2D eigenvalue weighted by atomic mass is 15.2. The van der Waals surface area contributed by atoms with Crippen LogP contribution in [0, 0.1) is 0 Å². The van der Waals surface area contributed by atoms with Crippen LogP contribution in [0.2, 0.25) is 0 Å². The molecule has 1 heterocycles. The molecule has 1 aliphatic rings. The Morgan fingerprint density at radius 3 is 2.73 bits per heavy atom. The molecule has 0 N–H and O–H groups in total. The van der Waals surface area contributed by atoms with Gasteiger partial charge in [-0.2, -0.15) is 0 Å². The second kappa shape index (κ2) is 4.96. The Hall–Kier alpha value is -1.31. The van der Waals surface area contributed by atoms with E-state index < -0.39 is 0 Å². The highest BCUT2D eigenvalue weighted by Gasteiger charge is 2.18. The predicted octanol–water partition coefficient (Wildman–Crippen LogP) is 2.87. The van der Waals surface area contributed by atoms with Crippen molar-refractivity contribution in [2.75, 3.05) is 13.1 Å². The second-order valence-electron chi connectivity index (χ2n) is 3.97. The van der Waals surface area contributed by atoms with Crippen molar-refractivity contribution in [3.8, 4) is 0 Å². The molecule has 0 aliphatic carbocycles. The summed E-state index contributed by atoms with van der Waals surface area (Å²) in [6.45, 7) is 4.26. The molecule has 0 spiro atoms. The second-order valence-corrected chi connectivity index (χ2v) is 3.97. The van der Waals surface area contributed by atoms with Gasteiger partial charge in [0.15, 0.2) is 0 Å². The molecular formula is C13H18N2. The minimum Gasteiger partial charge on any atom is -0.354 e. The van der Waals surface area contributed by atoms with Gasteiger partial charge in [0.05, 0.1) is 18.9 Å². The molecule has 0 bridgehead atoms. The van der Waals surface area contributed by atoms with E-state index in [-0.39, 0.29) is 0 Å². The number of rotatable bonds is 4. The summed E-state index contributed by atoms with van der Waals surface area (Å²) in [7, 11) is 0. The maximum atomic E-state index is 4.29. The van der Waals surface area contributed by atoms with Crippen molar-refractivity contribution in [1.82, 2.24) is 4.90 Å².